The molecule has 0 aromatic carbocycles. The fourth-order valence-electron chi connectivity index (χ4n) is 5.33. The highest BCUT2D eigenvalue weighted by Gasteiger charge is 2.67. The summed E-state index contributed by atoms with van der Waals surface area (Å²) in [5, 5.41) is 2.71. The van der Waals surface area contributed by atoms with Crippen molar-refractivity contribution < 1.29 is 9.59 Å². The van der Waals surface area contributed by atoms with E-state index in [4.69, 9.17) is 0 Å². The van der Waals surface area contributed by atoms with E-state index in [1.54, 1.807) is 0 Å². The van der Waals surface area contributed by atoms with E-state index in [2.05, 4.69) is 46.9 Å². The highest BCUT2D eigenvalue weighted by molar-refractivity contribution is 6.04. The maximum Gasteiger partial charge on any atom is 0.233 e. The van der Waals surface area contributed by atoms with Gasteiger partial charge in [-0.1, -0.05) is 41.5 Å². The van der Waals surface area contributed by atoms with Crippen LogP contribution in [0.2, 0.25) is 0 Å². The first-order valence-corrected chi connectivity index (χ1v) is 8.27. The Morgan fingerprint density at radius 3 is 1.15 bits per heavy atom. The first kappa shape index (κ1) is 17.2. The molecule has 0 unspecified atom stereocenters. The number of imide groups is 1. The second-order valence-corrected chi connectivity index (χ2v) is 6.15. The fraction of sp³-hybridized carbons (Fsp3) is 0.882. The number of rotatable bonds is 6. The molecule has 1 fully saturated rings. The number of hydrogen-bond donors (Lipinski definition) is 1. The number of amides is 2. The summed E-state index contributed by atoms with van der Waals surface area (Å²) in [6, 6.07) is 0. The quantitative estimate of drug-likeness (QED) is 0.746. The fourth-order valence-corrected chi connectivity index (χ4v) is 5.33. The molecular formula is C17H31NO2. The van der Waals surface area contributed by atoms with Gasteiger partial charge in [0.1, 0.15) is 0 Å². The molecule has 0 atom stereocenters. The smallest absolute Gasteiger partial charge is 0.233 e. The molecule has 0 saturated carbocycles. The Balaban J connectivity index is 3.68. The lowest BCUT2D eigenvalue weighted by atomic mass is 9.43. The minimum absolute atomic E-state index is 0.0475. The van der Waals surface area contributed by atoms with Gasteiger partial charge in [-0.05, 0) is 43.9 Å². The Bertz CT molecular complexity index is 342. The molecule has 0 radical (unpaired) electrons. The van der Waals surface area contributed by atoms with E-state index in [1.807, 2.05) is 0 Å². The van der Waals surface area contributed by atoms with Crippen LogP contribution in [0.4, 0.5) is 0 Å². The normalized spacial score (nSPS) is 23.5. The summed E-state index contributed by atoms with van der Waals surface area (Å²) in [6.07, 6.45) is 4.95. The van der Waals surface area contributed by atoms with Gasteiger partial charge in [-0.25, -0.2) is 0 Å². The number of hydrogen-bond acceptors (Lipinski definition) is 2. The number of carbonyl (C=O) groups excluding carboxylic acids is 2. The van der Waals surface area contributed by atoms with E-state index < -0.39 is 10.8 Å². The standard InChI is InChI=1S/C17H31NO2/c1-7-15(8-2)13(19)18-14(20)16(9-3,10-4)17(15,11-5)12-6/h7-12H2,1-6H3,(H,18,19,20). The summed E-state index contributed by atoms with van der Waals surface area (Å²) in [6.45, 7) is 12.7. The van der Waals surface area contributed by atoms with Crippen molar-refractivity contribution in [2.24, 2.45) is 16.2 Å². The molecule has 1 aliphatic rings. The molecule has 0 aromatic heterocycles. The van der Waals surface area contributed by atoms with Crippen molar-refractivity contribution in [3.8, 4) is 0 Å². The van der Waals surface area contributed by atoms with Crippen LogP contribution >= 0.6 is 0 Å². The molecule has 1 heterocycles. The molecule has 2 amide bonds. The Morgan fingerprint density at radius 1 is 0.650 bits per heavy atom. The molecule has 0 spiro atoms. The lowest BCUT2D eigenvalue weighted by Gasteiger charge is -2.61. The van der Waals surface area contributed by atoms with Crippen molar-refractivity contribution in [3.63, 3.8) is 0 Å². The van der Waals surface area contributed by atoms with Gasteiger partial charge in [0.2, 0.25) is 11.8 Å². The molecule has 0 aromatic rings. The van der Waals surface area contributed by atoms with Crippen LogP contribution in [0, 0.1) is 16.2 Å². The molecule has 1 aliphatic heterocycles. The molecular weight excluding hydrogens is 250 g/mol. The number of nitrogens with one attached hydrogen (secondary N) is 1. The van der Waals surface area contributed by atoms with Crippen molar-refractivity contribution in [1.29, 1.82) is 0 Å². The molecule has 1 saturated heterocycles. The Labute approximate surface area is 123 Å². The van der Waals surface area contributed by atoms with Crippen LogP contribution in [-0.2, 0) is 9.59 Å². The van der Waals surface area contributed by atoms with Gasteiger partial charge < -0.3 is 0 Å². The summed E-state index contributed by atoms with van der Waals surface area (Å²) in [7, 11) is 0. The van der Waals surface area contributed by atoms with Crippen LogP contribution in [0.15, 0.2) is 0 Å². The minimum Gasteiger partial charge on any atom is -0.295 e. The highest BCUT2D eigenvalue weighted by Crippen LogP contribution is 2.64. The SMILES string of the molecule is CCC1(CC)C(=O)NC(=O)C(CC)(CC)C1(CC)CC. The summed E-state index contributed by atoms with van der Waals surface area (Å²) in [4.78, 5) is 25.4. The Kier molecular flexibility index (Phi) is 5.04. The summed E-state index contributed by atoms with van der Waals surface area (Å²) in [5.74, 6) is -0.0950. The van der Waals surface area contributed by atoms with Gasteiger partial charge in [0.15, 0.2) is 0 Å². The van der Waals surface area contributed by atoms with E-state index in [-0.39, 0.29) is 17.2 Å². The number of piperidine rings is 1. The van der Waals surface area contributed by atoms with Gasteiger partial charge >= 0.3 is 0 Å². The summed E-state index contributed by atoms with van der Waals surface area (Å²) in [5.41, 5.74) is -1.07. The molecule has 1 rings (SSSR count). The molecule has 1 N–H and O–H groups in total. The van der Waals surface area contributed by atoms with E-state index >= 15 is 0 Å². The second kappa shape index (κ2) is 5.87. The molecule has 116 valence electrons. The van der Waals surface area contributed by atoms with E-state index in [0.29, 0.717) is 0 Å². The first-order valence-electron chi connectivity index (χ1n) is 8.27. The third-order valence-corrected chi connectivity index (χ3v) is 6.55. The van der Waals surface area contributed by atoms with Gasteiger partial charge in [-0.15, -0.1) is 0 Å². The van der Waals surface area contributed by atoms with Crippen LogP contribution in [0.1, 0.15) is 80.1 Å². The zero-order valence-corrected chi connectivity index (χ0v) is 14.1. The van der Waals surface area contributed by atoms with Crippen molar-refractivity contribution in [1.82, 2.24) is 5.32 Å². The molecule has 0 aliphatic carbocycles. The number of carbonyl (C=O) groups is 2. The van der Waals surface area contributed by atoms with Gasteiger partial charge in [-0.3, -0.25) is 14.9 Å². The largest absolute Gasteiger partial charge is 0.295 e. The molecule has 20 heavy (non-hydrogen) atoms. The van der Waals surface area contributed by atoms with Gasteiger partial charge in [-0.2, -0.15) is 0 Å². The first-order chi connectivity index (χ1) is 9.41. The van der Waals surface area contributed by atoms with Gasteiger partial charge in [0.25, 0.3) is 0 Å². The maximum absolute atomic E-state index is 12.7. The molecule has 3 heteroatoms. The Hall–Kier alpha value is -0.860. The summed E-state index contributed by atoms with van der Waals surface area (Å²) >= 11 is 0. The van der Waals surface area contributed by atoms with Crippen LogP contribution in [-0.4, -0.2) is 11.8 Å². The van der Waals surface area contributed by atoms with E-state index in [9.17, 15) is 9.59 Å². The van der Waals surface area contributed by atoms with Crippen molar-refractivity contribution in [2.75, 3.05) is 0 Å². The van der Waals surface area contributed by atoms with Crippen molar-refractivity contribution >= 4 is 11.8 Å². The van der Waals surface area contributed by atoms with Crippen molar-refractivity contribution in [3.05, 3.63) is 0 Å². The highest BCUT2D eigenvalue weighted by atomic mass is 16.2. The average Bonchev–Trinajstić information content (AvgIpc) is 2.47. The second-order valence-electron chi connectivity index (χ2n) is 6.15. The van der Waals surface area contributed by atoms with E-state index in [1.165, 1.54) is 0 Å². The van der Waals surface area contributed by atoms with Crippen LogP contribution in [0.25, 0.3) is 0 Å². The van der Waals surface area contributed by atoms with Crippen LogP contribution in [0.3, 0.4) is 0 Å². The van der Waals surface area contributed by atoms with Crippen LogP contribution in [0.5, 0.6) is 0 Å². The third kappa shape index (κ3) is 1.71. The molecule has 3 nitrogen and oxygen atoms in total. The predicted molar refractivity (Wildman–Crippen MR) is 82.2 cm³/mol. The van der Waals surface area contributed by atoms with E-state index in [0.717, 1.165) is 38.5 Å². The van der Waals surface area contributed by atoms with Gasteiger partial charge in [0.05, 0.1) is 10.8 Å². The zero-order valence-electron chi connectivity index (χ0n) is 14.1. The lowest BCUT2D eigenvalue weighted by molar-refractivity contribution is -0.183. The topological polar surface area (TPSA) is 46.2 Å². The third-order valence-electron chi connectivity index (χ3n) is 6.55. The van der Waals surface area contributed by atoms with Crippen LogP contribution < -0.4 is 5.32 Å². The Morgan fingerprint density at radius 2 is 0.950 bits per heavy atom. The molecule has 0 bridgehead atoms. The lowest BCUT2D eigenvalue weighted by Crippen LogP contribution is -2.69. The monoisotopic (exact) mass is 281 g/mol. The van der Waals surface area contributed by atoms with Gasteiger partial charge in [0, 0.05) is 0 Å². The average molecular weight is 281 g/mol. The zero-order chi connectivity index (χ0) is 15.6. The van der Waals surface area contributed by atoms with Crippen molar-refractivity contribution in [2.45, 2.75) is 80.1 Å². The predicted octanol–water partition coefficient (Wildman–Crippen LogP) is 4.06. The maximum atomic E-state index is 12.7. The minimum atomic E-state index is -0.420. The summed E-state index contributed by atoms with van der Waals surface area (Å²) < 4.78 is 0.